The van der Waals surface area contributed by atoms with Gasteiger partial charge in [0.2, 0.25) is 0 Å². The SMILES string of the molecule is Clc1cccc2cccc(-c3ccc4c(N5CC6CCC(C5)N6)nc(OCCCN5C[C@@H]6C[C@H]5CO6)nc4c3)c12. The number of fused-ring (bicyclic) bond motifs is 6. The maximum absolute atomic E-state index is 6.69. The number of piperazine rings is 1. The molecule has 1 aromatic heterocycles. The van der Waals surface area contributed by atoms with Crippen LogP contribution in [0.1, 0.15) is 25.7 Å². The van der Waals surface area contributed by atoms with E-state index in [2.05, 4.69) is 57.6 Å². The Hall–Kier alpha value is -2.97. The van der Waals surface area contributed by atoms with Crippen molar-refractivity contribution in [1.29, 1.82) is 0 Å². The number of nitrogens with zero attached hydrogens (tertiary/aromatic N) is 4. The number of ether oxygens (including phenoxy) is 2. The van der Waals surface area contributed by atoms with Crippen LogP contribution in [-0.4, -0.2) is 78.5 Å². The first kappa shape index (κ1) is 24.8. The van der Waals surface area contributed by atoms with Gasteiger partial charge in [0.05, 0.1) is 24.8 Å². The minimum atomic E-state index is 0.428. The average molecular weight is 556 g/mol. The van der Waals surface area contributed by atoms with Crippen LogP contribution in [0.15, 0.2) is 54.6 Å². The van der Waals surface area contributed by atoms with E-state index in [0.717, 1.165) is 82.8 Å². The summed E-state index contributed by atoms with van der Waals surface area (Å²) in [6, 6.07) is 21.0. The Bertz CT molecular complexity index is 1560. The minimum absolute atomic E-state index is 0.428. The third-order valence-electron chi connectivity index (χ3n) is 9.17. The summed E-state index contributed by atoms with van der Waals surface area (Å²) in [6.07, 6.45) is 5.00. The average Bonchev–Trinajstić information content (AvgIpc) is 3.70. The molecule has 0 radical (unpaired) electrons. The van der Waals surface area contributed by atoms with Crippen LogP contribution >= 0.6 is 11.6 Å². The molecule has 4 atom stereocenters. The zero-order chi connectivity index (χ0) is 26.6. The van der Waals surface area contributed by atoms with E-state index in [1.807, 2.05) is 12.1 Å². The predicted octanol–water partition coefficient (Wildman–Crippen LogP) is 5.29. The van der Waals surface area contributed by atoms with Crippen molar-refractivity contribution in [2.45, 2.75) is 49.9 Å². The lowest BCUT2D eigenvalue weighted by Crippen LogP contribution is -2.51. The summed E-state index contributed by atoms with van der Waals surface area (Å²) in [5.74, 6) is 0.981. The molecule has 4 aliphatic heterocycles. The van der Waals surface area contributed by atoms with Gasteiger partial charge in [-0.1, -0.05) is 48.0 Å². The monoisotopic (exact) mass is 555 g/mol. The molecule has 7 nitrogen and oxygen atoms in total. The molecule has 2 unspecified atom stereocenters. The molecule has 5 heterocycles. The fourth-order valence-electron chi connectivity index (χ4n) is 7.25. The van der Waals surface area contributed by atoms with Gasteiger partial charge in [-0.25, -0.2) is 0 Å². The van der Waals surface area contributed by atoms with Crippen molar-refractivity contribution in [2.24, 2.45) is 0 Å². The lowest BCUT2D eigenvalue weighted by molar-refractivity contribution is 0.0287. The molecule has 4 fully saturated rings. The highest BCUT2D eigenvalue weighted by Crippen LogP contribution is 2.37. The molecule has 4 bridgehead atoms. The van der Waals surface area contributed by atoms with Crippen LogP contribution < -0.4 is 15.0 Å². The Kier molecular flexibility index (Phi) is 6.29. The summed E-state index contributed by atoms with van der Waals surface area (Å²) in [5.41, 5.74) is 3.10. The predicted molar refractivity (Wildman–Crippen MR) is 159 cm³/mol. The minimum Gasteiger partial charge on any atom is -0.463 e. The molecule has 0 aliphatic carbocycles. The van der Waals surface area contributed by atoms with Gasteiger partial charge in [0.15, 0.2) is 0 Å². The second-order valence-corrected chi connectivity index (χ2v) is 12.2. The van der Waals surface area contributed by atoms with Gasteiger partial charge in [0.1, 0.15) is 5.82 Å². The zero-order valence-electron chi connectivity index (χ0n) is 22.6. The van der Waals surface area contributed by atoms with Crippen LogP contribution in [0.4, 0.5) is 5.82 Å². The Balaban J connectivity index is 1.12. The Morgan fingerprint density at radius 1 is 1.00 bits per heavy atom. The summed E-state index contributed by atoms with van der Waals surface area (Å²) < 4.78 is 12.0. The number of benzene rings is 3. The molecule has 3 aromatic carbocycles. The second-order valence-electron chi connectivity index (χ2n) is 11.8. The third-order valence-corrected chi connectivity index (χ3v) is 9.49. The first-order valence-corrected chi connectivity index (χ1v) is 15.0. The van der Waals surface area contributed by atoms with E-state index < -0.39 is 0 Å². The summed E-state index contributed by atoms with van der Waals surface area (Å²) in [7, 11) is 0. The summed E-state index contributed by atoms with van der Waals surface area (Å²) in [6.45, 7) is 5.47. The number of hydrogen-bond donors (Lipinski definition) is 1. The lowest BCUT2D eigenvalue weighted by Gasteiger charge is -2.34. The normalized spacial score (nSPS) is 25.9. The summed E-state index contributed by atoms with van der Waals surface area (Å²) >= 11 is 6.69. The van der Waals surface area contributed by atoms with E-state index >= 15 is 0 Å². The fourth-order valence-corrected chi connectivity index (χ4v) is 7.54. The number of anilines is 1. The first-order valence-electron chi connectivity index (χ1n) is 14.7. The Labute approximate surface area is 239 Å². The maximum Gasteiger partial charge on any atom is 0.318 e. The van der Waals surface area contributed by atoms with Gasteiger partial charge in [-0.05, 0) is 60.4 Å². The highest BCUT2D eigenvalue weighted by molar-refractivity contribution is 6.36. The van der Waals surface area contributed by atoms with Crippen molar-refractivity contribution in [2.75, 3.05) is 44.3 Å². The number of aromatic nitrogens is 2. The van der Waals surface area contributed by atoms with E-state index in [1.54, 1.807) is 0 Å². The standard InChI is InChI=1S/C32H34ClN5O2/c33-28-7-2-5-20-4-1-6-26(30(20)28)21-8-11-27-29(14-21)35-32(36-31(27)38-16-22-9-10-23(17-38)34-22)39-13-3-12-37-18-25-15-24(37)19-40-25/h1-2,4-8,11,14,22-25,34H,3,9-10,12-13,15-19H2/t22?,23?,24-,25-/m0/s1. The van der Waals surface area contributed by atoms with Crippen LogP contribution in [0.5, 0.6) is 6.01 Å². The summed E-state index contributed by atoms with van der Waals surface area (Å²) in [5, 5.41) is 7.77. The molecule has 8 rings (SSSR count). The molecular formula is C32H34ClN5O2. The van der Waals surface area contributed by atoms with E-state index in [0.29, 0.717) is 36.8 Å². The third kappa shape index (κ3) is 4.49. The number of hydrogen-bond acceptors (Lipinski definition) is 7. The van der Waals surface area contributed by atoms with Gasteiger partial charge >= 0.3 is 6.01 Å². The number of halogens is 1. The van der Waals surface area contributed by atoms with Gasteiger partial charge in [0.25, 0.3) is 0 Å². The number of rotatable bonds is 7. The van der Waals surface area contributed by atoms with Crippen LogP contribution in [0.3, 0.4) is 0 Å². The van der Waals surface area contributed by atoms with Crippen LogP contribution in [0.2, 0.25) is 5.02 Å². The van der Waals surface area contributed by atoms with Crippen molar-refractivity contribution in [3.05, 3.63) is 59.6 Å². The molecule has 4 saturated heterocycles. The Morgan fingerprint density at radius 3 is 2.65 bits per heavy atom. The smallest absolute Gasteiger partial charge is 0.318 e. The van der Waals surface area contributed by atoms with E-state index in [-0.39, 0.29) is 0 Å². The van der Waals surface area contributed by atoms with Crippen LogP contribution in [-0.2, 0) is 4.74 Å². The van der Waals surface area contributed by atoms with Gasteiger partial charge in [-0.15, -0.1) is 0 Å². The molecule has 40 heavy (non-hydrogen) atoms. The van der Waals surface area contributed by atoms with Crippen LogP contribution in [0.25, 0.3) is 32.8 Å². The van der Waals surface area contributed by atoms with Gasteiger partial charge in [0, 0.05) is 60.1 Å². The molecule has 1 N–H and O–H groups in total. The number of morpholine rings is 1. The molecule has 8 heteroatoms. The van der Waals surface area contributed by atoms with Crippen molar-refractivity contribution < 1.29 is 9.47 Å². The van der Waals surface area contributed by atoms with E-state index in [9.17, 15) is 0 Å². The molecule has 0 saturated carbocycles. The Morgan fingerprint density at radius 2 is 1.85 bits per heavy atom. The first-order chi connectivity index (χ1) is 19.7. The van der Waals surface area contributed by atoms with Crippen molar-refractivity contribution in [3.63, 3.8) is 0 Å². The molecule has 0 spiro atoms. The second kappa shape index (κ2) is 10.1. The van der Waals surface area contributed by atoms with Gasteiger partial charge in [-0.3, -0.25) is 4.90 Å². The van der Waals surface area contributed by atoms with E-state index in [1.165, 1.54) is 19.3 Å². The highest BCUT2D eigenvalue weighted by atomic mass is 35.5. The van der Waals surface area contributed by atoms with Crippen LogP contribution in [0, 0.1) is 0 Å². The molecule has 0 amide bonds. The largest absolute Gasteiger partial charge is 0.463 e. The molecule has 4 aliphatic rings. The van der Waals surface area contributed by atoms with Crippen molar-refractivity contribution >= 4 is 39.1 Å². The molecule has 4 aromatic rings. The van der Waals surface area contributed by atoms with E-state index in [4.69, 9.17) is 31.0 Å². The van der Waals surface area contributed by atoms with Gasteiger partial charge < -0.3 is 19.7 Å². The number of nitrogens with one attached hydrogen (secondary N) is 1. The maximum atomic E-state index is 6.69. The molecular weight excluding hydrogens is 522 g/mol. The van der Waals surface area contributed by atoms with Gasteiger partial charge in [-0.2, -0.15) is 9.97 Å². The van der Waals surface area contributed by atoms with Crippen molar-refractivity contribution in [3.8, 4) is 17.1 Å². The molecule has 206 valence electrons. The number of likely N-dealkylation sites (tertiary alicyclic amines) is 1. The summed E-state index contributed by atoms with van der Waals surface area (Å²) in [4.78, 5) is 14.9. The van der Waals surface area contributed by atoms with Crippen molar-refractivity contribution in [1.82, 2.24) is 20.2 Å². The highest BCUT2D eigenvalue weighted by Gasteiger charge is 2.38. The zero-order valence-corrected chi connectivity index (χ0v) is 23.3. The topological polar surface area (TPSA) is 62.8 Å². The fraction of sp³-hybridized carbons (Fsp3) is 0.438. The quantitative estimate of drug-likeness (QED) is 0.311. The lowest BCUT2D eigenvalue weighted by atomic mass is 9.97.